The predicted octanol–water partition coefficient (Wildman–Crippen LogP) is 3.49. The van der Waals surface area contributed by atoms with Gasteiger partial charge < -0.3 is 4.98 Å². The van der Waals surface area contributed by atoms with E-state index in [2.05, 4.69) is 11.1 Å². The minimum absolute atomic E-state index is 0.0324. The van der Waals surface area contributed by atoms with Crippen LogP contribution in [-0.2, 0) is 5.41 Å². The molecule has 0 fully saturated rings. The Morgan fingerprint density at radius 3 is 2.53 bits per heavy atom. The second kappa shape index (κ2) is 5.66. The Kier molecular flexibility index (Phi) is 4.44. The van der Waals surface area contributed by atoms with Gasteiger partial charge in [-0.25, -0.2) is 4.39 Å². The van der Waals surface area contributed by atoms with E-state index < -0.39 is 16.8 Å². The minimum Gasteiger partial charge on any atom is -0.328 e. The van der Waals surface area contributed by atoms with Crippen LogP contribution in [0.25, 0.3) is 10.8 Å². The van der Waals surface area contributed by atoms with Crippen LogP contribution in [0.5, 0.6) is 0 Å². The molecule has 0 atom stereocenters. The van der Waals surface area contributed by atoms with Crippen LogP contribution in [0.15, 0.2) is 29.2 Å². The molecule has 0 aliphatic heterocycles. The van der Waals surface area contributed by atoms with Gasteiger partial charge in [0.25, 0.3) is 5.56 Å². The molecule has 0 unspecified atom stereocenters. The normalized spacial score (nSPS) is 10.5. The van der Waals surface area contributed by atoms with Crippen molar-refractivity contribution in [3.8, 4) is 6.07 Å². The third-order valence-corrected chi connectivity index (χ3v) is 2.83. The van der Waals surface area contributed by atoms with Crippen LogP contribution in [0.2, 0.25) is 0 Å². The van der Waals surface area contributed by atoms with Crippen LogP contribution in [0, 0.1) is 17.1 Å². The van der Waals surface area contributed by atoms with Gasteiger partial charge in [-0.05, 0) is 43.0 Å². The lowest BCUT2D eigenvalue weighted by atomic mass is 9.85. The summed E-state index contributed by atoms with van der Waals surface area (Å²) in [4.78, 5) is 13.9. The highest BCUT2D eigenvalue weighted by Gasteiger charge is 2.21. The van der Waals surface area contributed by atoms with Crippen molar-refractivity contribution >= 4 is 10.8 Å². The summed E-state index contributed by atoms with van der Waals surface area (Å²) in [6.45, 7) is 7.42. The summed E-state index contributed by atoms with van der Waals surface area (Å²) in [6, 6.07) is 6.66. The highest BCUT2D eigenvalue weighted by molar-refractivity contribution is 5.83. The molecule has 4 heteroatoms. The molecule has 19 heavy (non-hydrogen) atoms. The standard InChI is InChI=1S/C13H11FN2O.C2H6/c1-13(2,7-15)9-5-8-3-4-16-12(17)11(8)10(14)6-9;1-2/h3-6H,1-2H3,(H,16,17);1-2H3. The topological polar surface area (TPSA) is 56.6 Å². The number of nitrogens with zero attached hydrogens (tertiary/aromatic N) is 1. The summed E-state index contributed by atoms with van der Waals surface area (Å²) in [5.74, 6) is -0.595. The second-order valence-corrected chi connectivity index (χ2v) is 4.47. The first-order valence-corrected chi connectivity index (χ1v) is 6.18. The van der Waals surface area contributed by atoms with E-state index >= 15 is 0 Å². The van der Waals surface area contributed by atoms with Crippen molar-refractivity contribution in [2.45, 2.75) is 33.1 Å². The van der Waals surface area contributed by atoms with E-state index in [0.29, 0.717) is 10.9 Å². The largest absolute Gasteiger partial charge is 0.328 e. The van der Waals surface area contributed by atoms with E-state index in [-0.39, 0.29) is 5.39 Å². The average Bonchev–Trinajstić information content (AvgIpc) is 2.40. The van der Waals surface area contributed by atoms with Gasteiger partial charge >= 0.3 is 0 Å². The fraction of sp³-hybridized carbons (Fsp3) is 0.333. The third-order valence-electron chi connectivity index (χ3n) is 2.83. The van der Waals surface area contributed by atoms with Gasteiger partial charge in [-0.3, -0.25) is 4.79 Å². The van der Waals surface area contributed by atoms with Crippen LogP contribution in [0.1, 0.15) is 33.3 Å². The lowest BCUT2D eigenvalue weighted by molar-refractivity contribution is 0.623. The number of aromatic nitrogens is 1. The van der Waals surface area contributed by atoms with Gasteiger partial charge in [0.05, 0.1) is 16.9 Å². The number of H-pyrrole nitrogens is 1. The highest BCUT2D eigenvalue weighted by atomic mass is 19.1. The third kappa shape index (κ3) is 2.82. The zero-order valence-electron chi connectivity index (χ0n) is 11.5. The van der Waals surface area contributed by atoms with Crippen molar-refractivity contribution in [2.75, 3.05) is 0 Å². The van der Waals surface area contributed by atoms with E-state index in [4.69, 9.17) is 5.26 Å². The molecule has 100 valence electrons. The van der Waals surface area contributed by atoms with Crippen LogP contribution in [0.3, 0.4) is 0 Å². The van der Waals surface area contributed by atoms with E-state index in [9.17, 15) is 9.18 Å². The van der Waals surface area contributed by atoms with Crippen LogP contribution in [0.4, 0.5) is 4.39 Å². The van der Waals surface area contributed by atoms with Crippen molar-refractivity contribution in [3.63, 3.8) is 0 Å². The number of pyridine rings is 1. The fourth-order valence-corrected chi connectivity index (χ4v) is 1.70. The molecule has 0 spiro atoms. The van der Waals surface area contributed by atoms with Crippen molar-refractivity contribution in [3.05, 3.63) is 46.1 Å². The van der Waals surface area contributed by atoms with E-state index in [1.165, 1.54) is 12.3 Å². The van der Waals surface area contributed by atoms with Gasteiger partial charge in [0.2, 0.25) is 0 Å². The lowest BCUT2D eigenvalue weighted by Crippen LogP contribution is -2.15. The molecule has 0 aliphatic rings. The number of rotatable bonds is 1. The number of halogens is 1. The lowest BCUT2D eigenvalue weighted by Gasteiger charge is -2.16. The van der Waals surface area contributed by atoms with E-state index in [0.717, 1.165) is 0 Å². The van der Waals surface area contributed by atoms with Crippen molar-refractivity contribution < 1.29 is 4.39 Å². The molecule has 0 saturated heterocycles. The first-order valence-electron chi connectivity index (χ1n) is 6.18. The molecule has 1 aromatic carbocycles. The first kappa shape index (κ1) is 14.9. The molecule has 0 aliphatic carbocycles. The molecule has 1 aromatic heterocycles. The maximum absolute atomic E-state index is 13.8. The van der Waals surface area contributed by atoms with Crippen molar-refractivity contribution in [1.29, 1.82) is 5.26 Å². The number of aromatic amines is 1. The molecule has 0 saturated carbocycles. The average molecular weight is 260 g/mol. The molecule has 1 N–H and O–H groups in total. The van der Waals surface area contributed by atoms with Crippen LogP contribution >= 0.6 is 0 Å². The first-order chi connectivity index (χ1) is 8.95. The number of fused-ring (bicyclic) bond motifs is 1. The summed E-state index contributed by atoms with van der Waals surface area (Å²) >= 11 is 0. The Labute approximate surface area is 111 Å². The van der Waals surface area contributed by atoms with Gasteiger partial charge in [0.15, 0.2) is 0 Å². The summed E-state index contributed by atoms with van der Waals surface area (Å²) in [5, 5.41) is 9.56. The monoisotopic (exact) mass is 260 g/mol. The number of nitriles is 1. The Morgan fingerprint density at radius 1 is 1.32 bits per heavy atom. The number of hydrogen-bond acceptors (Lipinski definition) is 2. The summed E-state index contributed by atoms with van der Waals surface area (Å²) in [7, 11) is 0. The molecule has 1 heterocycles. The van der Waals surface area contributed by atoms with Crippen LogP contribution < -0.4 is 5.56 Å². The molecule has 0 amide bonds. The quantitative estimate of drug-likeness (QED) is 0.853. The zero-order chi connectivity index (χ0) is 14.6. The highest BCUT2D eigenvalue weighted by Crippen LogP contribution is 2.26. The second-order valence-electron chi connectivity index (χ2n) is 4.47. The summed E-state index contributed by atoms with van der Waals surface area (Å²) in [6.07, 6.45) is 1.47. The molecule has 0 bridgehead atoms. The summed E-state index contributed by atoms with van der Waals surface area (Å²) in [5.41, 5.74) is -0.672. The Morgan fingerprint density at radius 2 is 1.95 bits per heavy atom. The fourth-order valence-electron chi connectivity index (χ4n) is 1.70. The molecule has 2 aromatic rings. The molecular weight excluding hydrogens is 243 g/mol. The Bertz CT molecular complexity index is 681. The molecule has 0 radical (unpaired) electrons. The van der Waals surface area contributed by atoms with Crippen LogP contribution in [-0.4, -0.2) is 4.98 Å². The van der Waals surface area contributed by atoms with Gasteiger partial charge in [-0.1, -0.05) is 13.8 Å². The number of benzene rings is 1. The van der Waals surface area contributed by atoms with Gasteiger partial charge in [0, 0.05) is 6.20 Å². The number of hydrogen-bond donors (Lipinski definition) is 1. The summed E-state index contributed by atoms with van der Waals surface area (Å²) < 4.78 is 13.8. The SMILES string of the molecule is CC.CC(C)(C#N)c1cc(F)c2c(=O)[nH]ccc2c1. The Balaban J connectivity index is 0.000000861. The molecule has 2 rings (SSSR count). The van der Waals surface area contributed by atoms with Gasteiger partial charge in [-0.15, -0.1) is 0 Å². The smallest absolute Gasteiger partial charge is 0.258 e. The van der Waals surface area contributed by atoms with E-state index in [1.807, 2.05) is 13.8 Å². The van der Waals surface area contributed by atoms with Gasteiger partial charge in [0.1, 0.15) is 5.82 Å². The van der Waals surface area contributed by atoms with Crippen molar-refractivity contribution in [2.24, 2.45) is 0 Å². The van der Waals surface area contributed by atoms with Crippen molar-refractivity contribution in [1.82, 2.24) is 4.98 Å². The molecule has 3 nitrogen and oxygen atoms in total. The minimum atomic E-state index is -0.780. The van der Waals surface area contributed by atoms with E-state index in [1.54, 1.807) is 26.0 Å². The zero-order valence-corrected chi connectivity index (χ0v) is 11.5. The maximum atomic E-state index is 13.8. The maximum Gasteiger partial charge on any atom is 0.258 e. The van der Waals surface area contributed by atoms with Gasteiger partial charge in [-0.2, -0.15) is 5.26 Å². The predicted molar refractivity (Wildman–Crippen MR) is 74.5 cm³/mol. The number of nitrogens with one attached hydrogen (secondary N) is 1. The molecular formula is C15H17FN2O. The Hall–Kier alpha value is -2.15.